The first-order chi connectivity index (χ1) is 7.66. The lowest BCUT2D eigenvalue weighted by Crippen LogP contribution is -2.21. The molecule has 1 heterocycles. The minimum Gasteiger partial charge on any atom is -0.380 e. The van der Waals surface area contributed by atoms with Gasteiger partial charge >= 0.3 is 0 Å². The molecule has 2 nitrogen and oxygen atoms in total. The molecular weight excluding hydrogens is 216 g/mol. The van der Waals surface area contributed by atoms with Crippen molar-refractivity contribution >= 4 is 23.1 Å². The summed E-state index contributed by atoms with van der Waals surface area (Å²) in [5, 5.41) is 4.45. The SMILES string of the molecule is CC1CC(Nc2ccccc2N(C)C)CS1. The molecule has 0 radical (unpaired) electrons. The maximum absolute atomic E-state index is 3.66. The van der Waals surface area contributed by atoms with Crippen LogP contribution in [0.15, 0.2) is 24.3 Å². The molecule has 1 fully saturated rings. The molecule has 0 spiro atoms. The predicted molar refractivity (Wildman–Crippen MR) is 74.7 cm³/mol. The maximum Gasteiger partial charge on any atom is 0.0596 e. The molecule has 1 aromatic rings. The molecule has 0 aromatic heterocycles. The number of nitrogens with zero attached hydrogens (tertiary/aromatic N) is 1. The third-order valence-electron chi connectivity index (χ3n) is 2.94. The lowest BCUT2D eigenvalue weighted by molar-refractivity contribution is 0.747. The first kappa shape index (κ1) is 11.6. The fraction of sp³-hybridized carbons (Fsp3) is 0.538. The van der Waals surface area contributed by atoms with E-state index in [2.05, 4.69) is 67.3 Å². The zero-order chi connectivity index (χ0) is 11.5. The molecule has 2 atom stereocenters. The second kappa shape index (κ2) is 5.00. The van der Waals surface area contributed by atoms with Crippen LogP contribution in [0.2, 0.25) is 0 Å². The molecule has 2 unspecified atom stereocenters. The van der Waals surface area contributed by atoms with Gasteiger partial charge in [-0.1, -0.05) is 19.1 Å². The van der Waals surface area contributed by atoms with Crippen LogP contribution in [0, 0.1) is 0 Å². The molecular formula is C13H20N2S. The van der Waals surface area contributed by atoms with Crippen LogP contribution in [-0.2, 0) is 0 Å². The van der Waals surface area contributed by atoms with Crippen molar-refractivity contribution in [3.63, 3.8) is 0 Å². The van der Waals surface area contributed by atoms with Gasteiger partial charge in [0.25, 0.3) is 0 Å². The van der Waals surface area contributed by atoms with E-state index in [1.165, 1.54) is 23.5 Å². The molecule has 1 N–H and O–H groups in total. The number of hydrogen-bond acceptors (Lipinski definition) is 3. The van der Waals surface area contributed by atoms with E-state index in [0.717, 1.165) is 5.25 Å². The van der Waals surface area contributed by atoms with Crippen LogP contribution in [0.4, 0.5) is 11.4 Å². The van der Waals surface area contributed by atoms with Gasteiger partial charge in [-0.15, -0.1) is 0 Å². The van der Waals surface area contributed by atoms with E-state index in [1.54, 1.807) is 0 Å². The number of nitrogens with one attached hydrogen (secondary N) is 1. The van der Waals surface area contributed by atoms with Crippen molar-refractivity contribution in [1.29, 1.82) is 0 Å². The van der Waals surface area contributed by atoms with E-state index in [4.69, 9.17) is 0 Å². The first-order valence-corrected chi connectivity index (χ1v) is 6.86. The van der Waals surface area contributed by atoms with E-state index >= 15 is 0 Å². The lowest BCUT2D eigenvalue weighted by atomic mass is 10.1. The monoisotopic (exact) mass is 236 g/mol. The van der Waals surface area contributed by atoms with Crippen LogP contribution in [0.25, 0.3) is 0 Å². The quantitative estimate of drug-likeness (QED) is 0.868. The number of para-hydroxylation sites is 2. The van der Waals surface area contributed by atoms with Crippen molar-refractivity contribution in [2.75, 3.05) is 30.1 Å². The Morgan fingerprint density at radius 1 is 1.31 bits per heavy atom. The average Bonchev–Trinajstić information content (AvgIpc) is 2.64. The van der Waals surface area contributed by atoms with Gasteiger partial charge < -0.3 is 10.2 Å². The third-order valence-corrected chi connectivity index (χ3v) is 4.30. The van der Waals surface area contributed by atoms with Crippen molar-refractivity contribution in [3.8, 4) is 0 Å². The van der Waals surface area contributed by atoms with Gasteiger partial charge in [0.1, 0.15) is 0 Å². The first-order valence-electron chi connectivity index (χ1n) is 5.81. The molecule has 0 aliphatic carbocycles. The summed E-state index contributed by atoms with van der Waals surface area (Å²) in [4.78, 5) is 2.16. The summed E-state index contributed by atoms with van der Waals surface area (Å²) in [7, 11) is 4.18. The molecule has 1 saturated heterocycles. The smallest absolute Gasteiger partial charge is 0.0596 e. The summed E-state index contributed by atoms with van der Waals surface area (Å²) in [6.07, 6.45) is 1.27. The van der Waals surface area contributed by atoms with Crippen LogP contribution < -0.4 is 10.2 Å². The Balaban J connectivity index is 2.09. The predicted octanol–water partition coefficient (Wildman–Crippen LogP) is 3.06. The van der Waals surface area contributed by atoms with Gasteiger partial charge in [-0.2, -0.15) is 11.8 Å². The molecule has 3 heteroatoms. The summed E-state index contributed by atoms with van der Waals surface area (Å²) < 4.78 is 0. The number of anilines is 2. The van der Waals surface area contributed by atoms with Crippen LogP contribution in [0.5, 0.6) is 0 Å². The zero-order valence-electron chi connectivity index (χ0n) is 10.2. The topological polar surface area (TPSA) is 15.3 Å². The van der Waals surface area contributed by atoms with E-state index < -0.39 is 0 Å². The number of thioether (sulfide) groups is 1. The van der Waals surface area contributed by atoms with Gasteiger partial charge in [0.05, 0.1) is 11.4 Å². The van der Waals surface area contributed by atoms with Crippen molar-refractivity contribution in [2.45, 2.75) is 24.6 Å². The van der Waals surface area contributed by atoms with E-state index in [-0.39, 0.29) is 0 Å². The standard InChI is InChI=1S/C13H20N2S/c1-10-8-11(9-16-10)14-12-6-4-5-7-13(12)15(2)3/h4-7,10-11,14H,8-9H2,1-3H3. The molecule has 1 aliphatic rings. The van der Waals surface area contributed by atoms with Crippen molar-refractivity contribution in [1.82, 2.24) is 0 Å². The van der Waals surface area contributed by atoms with Gasteiger partial charge in [0, 0.05) is 31.1 Å². The number of hydrogen-bond donors (Lipinski definition) is 1. The Kier molecular flexibility index (Phi) is 3.64. The fourth-order valence-corrected chi connectivity index (χ4v) is 3.27. The van der Waals surface area contributed by atoms with Crippen LogP contribution in [-0.4, -0.2) is 31.1 Å². The Bertz CT molecular complexity index is 352. The summed E-state index contributed by atoms with van der Waals surface area (Å²) in [5.41, 5.74) is 2.53. The lowest BCUT2D eigenvalue weighted by Gasteiger charge is -2.21. The van der Waals surface area contributed by atoms with Gasteiger partial charge in [-0.05, 0) is 18.6 Å². The highest BCUT2D eigenvalue weighted by atomic mass is 32.2. The van der Waals surface area contributed by atoms with Crippen LogP contribution in [0.3, 0.4) is 0 Å². The second-order valence-corrected chi connectivity index (χ2v) is 6.10. The minimum atomic E-state index is 0.626. The normalized spacial score (nSPS) is 24.4. The van der Waals surface area contributed by atoms with E-state index in [0.29, 0.717) is 6.04 Å². The minimum absolute atomic E-state index is 0.626. The molecule has 0 amide bonds. The van der Waals surface area contributed by atoms with E-state index in [1.807, 2.05) is 0 Å². The second-order valence-electron chi connectivity index (χ2n) is 4.63. The van der Waals surface area contributed by atoms with Gasteiger partial charge in [0.2, 0.25) is 0 Å². The van der Waals surface area contributed by atoms with Gasteiger partial charge in [-0.25, -0.2) is 0 Å². The Hall–Kier alpha value is -0.830. The molecule has 2 rings (SSSR count). The highest BCUT2D eigenvalue weighted by molar-refractivity contribution is 8.00. The number of benzene rings is 1. The van der Waals surface area contributed by atoms with Gasteiger partial charge in [-0.3, -0.25) is 0 Å². The molecule has 1 aromatic carbocycles. The van der Waals surface area contributed by atoms with E-state index in [9.17, 15) is 0 Å². The molecule has 0 saturated carbocycles. The van der Waals surface area contributed by atoms with Crippen LogP contribution >= 0.6 is 11.8 Å². The van der Waals surface area contributed by atoms with Gasteiger partial charge in [0.15, 0.2) is 0 Å². The maximum atomic E-state index is 3.66. The Labute approximate surface area is 102 Å². The molecule has 0 bridgehead atoms. The van der Waals surface area contributed by atoms with Crippen LogP contribution in [0.1, 0.15) is 13.3 Å². The average molecular weight is 236 g/mol. The largest absolute Gasteiger partial charge is 0.380 e. The highest BCUT2D eigenvalue weighted by Crippen LogP contribution is 2.31. The Morgan fingerprint density at radius 2 is 2.06 bits per heavy atom. The summed E-state index contributed by atoms with van der Waals surface area (Å²) in [6.45, 7) is 2.31. The Morgan fingerprint density at radius 3 is 2.69 bits per heavy atom. The number of rotatable bonds is 3. The van der Waals surface area contributed by atoms with Crippen molar-refractivity contribution in [3.05, 3.63) is 24.3 Å². The summed E-state index contributed by atoms with van der Waals surface area (Å²) in [5.74, 6) is 1.23. The zero-order valence-corrected chi connectivity index (χ0v) is 11.1. The van der Waals surface area contributed by atoms with Crippen molar-refractivity contribution < 1.29 is 0 Å². The molecule has 1 aliphatic heterocycles. The fourth-order valence-electron chi connectivity index (χ4n) is 2.12. The molecule has 16 heavy (non-hydrogen) atoms. The third kappa shape index (κ3) is 2.64. The highest BCUT2D eigenvalue weighted by Gasteiger charge is 2.22. The summed E-state index contributed by atoms with van der Waals surface area (Å²) in [6, 6.07) is 9.14. The molecule has 88 valence electrons. The van der Waals surface area contributed by atoms with Crippen molar-refractivity contribution in [2.24, 2.45) is 0 Å². The summed E-state index contributed by atoms with van der Waals surface area (Å²) >= 11 is 2.06.